The molecule has 0 radical (unpaired) electrons. The van der Waals surface area contributed by atoms with E-state index in [9.17, 15) is 0 Å². The molecule has 0 saturated carbocycles. The van der Waals surface area contributed by atoms with Crippen LogP contribution in [0.1, 0.15) is 17.6 Å². The maximum Gasteiger partial charge on any atom is 0.280 e. The second-order valence-electron chi connectivity index (χ2n) is 4.42. The fourth-order valence-electron chi connectivity index (χ4n) is 2.07. The van der Waals surface area contributed by atoms with Crippen molar-refractivity contribution in [3.05, 3.63) is 18.0 Å². The Labute approximate surface area is 116 Å². The predicted molar refractivity (Wildman–Crippen MR) is 70.0 cm³/mol. The highest BCUT2D eigenvalue weighted by molar-refractivity contribution is 5.85. The van der Waals surface area contributed by atoms with Crippen LogP contribution in [-0.4, -0.2) is 46.7 Å². The van der Waals surface area contributed by atoms with Gasteiger partial charge < -0.3 is 14.3 Å². The minimum absolute atomic E-state index is 0. The normalized spacial score (nSPS) is 20.2. The summed E-state index contributed by atoms with van der Waals surface area (Å²) in [6, 6.07) is 0.142. The molecule has 1 aliphatic heterocycles. The number of rotatable bonds is 2. The first-order valence-corrected chi connectivity index (χ1v) is 5.90. The Morgan fingerprint density at radius 2 is 2.32 bits per heavy atom. The molecule has 2 aromatic heterocycles. The summed E-state index contributed by atoms with van der Waals surface area (Å²) >= 11 is 0. The van der Waals surface area contributed by atoms with Crippen molar-refractivity contribution in [2.75, 3.05) is 26.7 Å². The van der Waals surface area contributed by atoms with Crippen molar-refractivity contribution < 1.29 is 8.94 Å². The first kappa shape index (κ1) is 14.0. The average Bonchev–Trinajstić information content (AvgIpc) is 2.98. The molecule has 0 aliphatic carbocycles. The number of halogens is 1. The van der Waals surface area contributed by atoms with Gasteiger partial charge in [0.05, 0.1) is 6.04 Å². The molecule has 1 unspecified atom stereocenters. The highest BCUT2D eigenvalue weighted by Gasteiger charge is 2.26. The minimum Gasteiger partial charge on any atom is -0.448 e. The Balaban J connectivity index is 0.00000133. The SMILES string of the molecule is Cc1ocnc1-c1nc(C2CNCCN2C)no1.Cl. The van der Waals surface area contributed by atoms with Crippen LogP contribution in [0.2, 0.25) is 0 Å². The van der Waals surface area contributed by atoms with Crippen LogP contribution in [-0.2, 0) is 0 Å². The lowest BCUT2D eigenvalue weighted by Gasteiger charge is -2.30. The number of oxazole rings is 1. The van der Waals surface area contributed by atoms with Crippen LogP contribution in [0.15, 0.2) is 15.3 Å². The average molecular weight is 286 g/mol. The minimum atomic E-state index is 0. The smallest absolute Gasteiger partial charge is 0.280 e. The van der Waals surface area contributed by atoms with Crippen LogP contribution in [0, 0.1) is 6.92 Å². The lowest BCUT2D eigenvalue weighted by molar-refractivity contribution is 0.190. The molecule has 1 fully saturated rings. The van der Waals surface area contributed by atoms with Crippen LogP contribution < -0.4 is 5.32 Å². The Morgan fingerprint density at radius 1 is 1.47 bits per heavy atom. The molecule has 1 saturated heterocycles. The van der Waals surface area contributed by atoms with E-state index in [1.165, 1.54) is 6.39 Å². The lowest BCUT2D eigenvalue weighted by Crippen LogP contribution is -2.44. The quantitative estimate of drug-likeness (QED) is 0.882. The highest BCUT2D eigenvalue weighted by atomic mass is 35.5. The van der Waals surface area contributed by atoms with E-state index in [0.717, 1.165) is 19.6 Å². The molecule has 0 bridgehead atoms. The van der Waals surface area contributed by atoms with Gasteiger partial charge in [0.25, 0.3) is 5.89 Å². The van der Waals surface area contributed by atoms with Gasteiger partial charge in [-0.15, -0.1) is 12.4 Å². The van der Waals surface area contributed by atoms with Gasteiger partial charge in [-0.3, -0.25) is 4.90 Å². The van der Waals surface area contributed by atoms with E-state index < -0.39 is 0 Å². The maximum atomic E-state index is 5.25. The number of hydrogen-bond donors (Lipinski definition) is 1. The first-order chi connectivity index (χ1) is 8.75. The number of nitrogens with one attached hydrogen (secondary N) is 1. The van der Waals surface area contributed by atoms with Crippen molar-refractivity contribution in [1.29, 1.82) is 0 Å². The Bertz CT molecular complexity index is 541. The van der Waals surface area contributed by atoms with E-state index in [2.05, 4.69) is 32.4 Å². The zero-order chi connectivity index (χ0) is 12.5. The Hall–Kier alpha value is -1.44. The van der Waals surface area contributed by atoms with E-state index in [0.29, 0.717) is 23.2 Å². The number of aryl methyl sites for hydroxylation is 1. The standard InChI is InChI=1S/C11H15N5O2.ClH/c1-7-9(13-6-17-7)11-14-10(15-18-11)8-5-12-3-4-16(8)2;/h6,8,12H,3-5H2,1-2H3;1H. The van der Waals surface area contributed by atoms with Crippen molar-refractivity contribution in [1.82, 2.24) is 25.3 Å². The van der Waals surface area contributed by atoms with Crippen molar-refractivity contribution in [3.63, 3.8) is 0 Å². The van der Waals surface area contributed by atoms with E-state index in [4.69, 9.17) is 8.94 Å². The summed E-state index contributed by atoms with van der Waals surface area (Å²) in [5.74, 6) is 1.78. The van der Waals surface area contributed by atoms with Gasteiger partial charge in [0.2, 0.25) is 0 Å². The van der Waals surface area contributed by atoms with Gasteiger partial charge in [0.1, 0.15) is 5.76 Å². The van der Waals surface area contributed by atoms with Crippen molar-refractivity contribution >= 4 is 12.4 Å². The largest absolute Gasteiger partial charge is 0.448 e. The summed E-state index contributed by atoms with van der Waals surface area (Å²) in [6.07, 6.45) is 1.38. The van der Waals surface area contributed by atoms with Gasteiger partial charge in [0, 0.05) is 19.6 Å². The van der Waals surface area contributed by atoms with Crippen LogP contribution in [0.25, 0.3) is 11.6 Å². The number of hydrogen-bond acceptors (Lipinski definition) is 7. The van der Waals surface area contributed by atoms with Crippen molar-refractivity contribution in [2.24, 2.45) is 0 Å². The number of likely N-dealkylation sites (N-methyl/N-ethyl adjacent to an activating group) is 1. The van der Waals surface area contributed by atoms with E-state index in [1.807, 2.05) is 6.92 Å². The molecule has 19 heavy (non-hydrogen) atoms. The molecule has 0 amide bonds. The molecule has 3 rings (SSSR count). The fourth-order valence-corrected chi connectivity index (χ4v) is 2.07. The molecule has 104 valence electrons. The Morgan fingerprint density at radius 3 is 3.00 bits per heavy atom. The van der Waals surface area contributed by atoms with E-state index in [1.54, 1.807) is 0 Å². The number of piperazine rings is 1. The van der Waals surface area contributed by atoms with Crippen LogP contribution >= 0.6 is 12.4 Å². The number of nitrogens with zero attached hydrogens (tertiary/aromatic N) is 4. The van der Waals surface area contributed by atoms with Gasteiger partial charge >= 0.3 is 0 Å². The summed E-state index contributed by atoms with van der Waals surface area (Å²) in [5, 5.41) is 7.36. The lowest BCUT2D eigenvalue weighted by atomic mass is 10.2. The molecule has 1 aliphatic rings. The molecule has 0 aromatic carbocycles. The molecule has 8 heteroatoms. The van der Waals surface area contributed by atoms with E-state index in [-0.39, 0.29) is 18.4 Å². The topological polar surface area (TPSA) is 80.2 Å². The van der Waals surface area contributed by atoms with Crippen LogP contribution in [0.3, 0.4) is 0 Å². The van der Waals surface area contributed by atoms with Crippen molar-refractivity contribution in [3.8, 4) is 11.6 Å². The van der Waals surface area contributed by atoms with E-state index >= 15 is 0 Å². The molecule has 0 spiro atoms. The second kappa shape index (κ2) is 5.68. The van der Waals surface area contributed by atoms with Gasteiger partial charge in [0.15, 0.2) is 17.9 Å². The molecule has 1 N–H and O–H groups in total. The second-order valence-corrected chi connectivity index (χ2v) is 4.42. The summed E-state index contributed by atoms with van der Waals surface area (Å²) in [4.78, 5) is 10.7. The zero-order valence-corrected chi connectivity index (χ0v) is 11.6. The molecule has 1 atom stereocenters. The fraction of sp³-hybridized carbons (Fsp3) is 0.545. The summed E-state index contributed by atoms with van der Waals surface area (Å²) in [6.45, 7) is 4.60. The molecular formula is C11H16ClN5O2. The molecular weight excluding hydrogens is 270 g/mol. The summed E-state index contributed by atoms with van der Waals surface area (Å²) in [5.41, 5.74) is 0.611. The van der Waals surface area contributed by atoms with Crippen molar-refractivity contribution in [2.45, 2.75) is 13.0 Å². The third-order valence-corrected chi connectivity index (χ3v) is 3.20. The Kier molecular flexibility index (Phi) is 4.18. The third-order valence-electron chi connectivity index (χ3n) is 3.20. The van der Waals surface area contributed by atoms with Crippen LogP contribution in [0.4, 0.5) is 0 Å². The summed E-state index contributed by atoms with van der Waals surface area (Å²) in [7, 11) is 2.06. The predicted octanol–water partition coefficient (Wildman–Crippen LogP) is 1.03. The van der Waals surface area contributed by atoms with Gasteiger partial charge in [-0.25, -0.2) is 4.98 Å². The highest BCUT2D eigenvalue weighted by Crippen LogP contribution is 2.23. The molecule has 2 aromatic rings. The van der Waals surface area contributed by atoms with Gasteiger partial charge in [-0.1, -0.05) is 5.16 Å². The van der Waals surface area contributed by atoms with Gasteiger partial charge in [-0.2, -0.15) is 4.98 Å². The molecule has 3 heterocycles. The monoisotopic (exact) mass is 285 g/mol. The third kappa shape index (κ3) is 2.63. The van der Waals surface area contributed by atoms with Gasteiger partial charge in [-0.05, 0) is 14.0 Å². The first-order valence-electron chi connectivity index (χ1n) is 5.90. The molecule has 7 nitrogen and oxygen atoms in total. The van der Waals surface area contributed by atoms with Crippen LogP contribution in [0.5, 0.6) is 0 Å². The maximum absolute atomic E-state index is 5.25. The zero-order valence-electron chi connectivity index (χ0n) is 10.8. The summed E-state index contributed by atoms with van der Waals surface area (Å²) < 4.78 is 10.4. The number of aromatic nitrogens is 3.